The predicted octanol–water partition coefficient (Wildman–Crippen LogP) is 3.71. The van der Waals surface area contributed by atoms with E-state index in [1.807, 2.05) is 54.6 Å². The van der Waals surface area contributed by atoms with Crippen LogP contribution in [0, 0.1) is 0 Å². The number of nitrogens with one attached hydrogen (secondary N) is 1. The summed E-state index contributed by atoms with van der Waals surface area (Å²) in [6.07, 6.45) is 3.24. The average molecular weight is 446 g/mol. The number of benzene rings is 2. The third kappa shape index (κ3) is 5.28. The molecule has 4 rings (SSSR count). The number of carbonyl (C=O) groups excluding carboxylic acids is 2. The Balaban J connectivity index is 1.61. The van der Waals surface area contributed by atoms with Crippen molar-refractivity contribution in [1.29, 1.82) is 0 Å². The van der Waals surface area contributed by atoms with E-state index in [-0.39, 0.29) is 24.9 Å². The highest BCUT2D eigenvalue weighted by Crippen LogP contribution is 2.23. The van der Waals surface area contributed by atoms with Crippen molar-refractivity contribution in [3.63, 3.8) is 0 Å². The number of furan rings is 1. The van der Waals surface area contributed by atoms with Crippen molar-refractivity contribution in [1.82, 2.24) is 25.2 Å². The van der Waals surface area contributed by atoms with Crippen LogP contribution in [0.3, 0.4) is 0 Å². The van der Waals surface area contributed by atoms with Gasteiger partial charge in [-0.2, -0.15) is 0 Å². The first-order chi connectivity index (χ1) is 16.2. The molecule has 0 spiro atoms. The molecule has 33 heavy (non-hydrogen) atoms. The van der Waals surface area contributed by atoms with E-state index in [0.29, 0.717) is 12.3 Å². The second-order valence-electron chi connectivity index (χ2n) is 7.79. The molecule has 1 unspecified atom stereocenters. The Morgan fingerprint density at radius 2 is 1.85 bits per heavy atom. The molecule has 170 valence electrons. The number of carbonyl (C=O) groups is 2. The molecule has 0 aliphatic carbocycles. The lowest BCUT2D eigenvalue weighted by atomic mass is 10.0. The quantitative estimate of drug-likeness (QED) is 0.402. The minimum atomic E-state index is -0.769. The monoisotopic (exact) mass is 445 g/mol. The van der Waals surface area contributed by atoms with Gasteiger partial charge in [-0.05, 0) is 36.2 Å². The van der Waals surface area contributed by atoms with E-state index >= 15 is 0 Å². The molecule has 0 bridgehead atoms. The van der Waals surface area contributed by atoms with E-state index in [2.05, 4.69) is 22.6 Å². The summed E-state index contributed by atoms with van der Waals surface area (Å²) in [5.74, 6) is 0.197. The van der Waals surface area contributed by atoms with Gasteiger partial charge in [0.25, 0.3) is 0 Å². The van der Waals surface area contributed by atoms with Crippen molar-refractivity contribution in [2.75, 3.05) is 6.54 Å². The lowest BCUT2D eigenvalue weighted by molar-refractivity contribution is -0.141. The van der Waals surface area contributed by atoms with Gasteiger partial charge in [0, 0.05) is 6.54 Å². The first-order valence-electron chi connectivity index (χ1n) is 11.1. The summed E-state index contributed by atoms with van der Waals surface area (Å²) < 4.78 is 6.92. The van der Waals surface area contributed by atoms with E-state index < -0.39 is 6.04 Å². The van der Waals surface area contributed by atoms with Crippen LogP contribution in [0.15, 0.2) is 77.4 Å². The van der Waals surface area contributed by atoms with Crippen LogP contribution in [0.4, 0.5) is 0 Å². The summed E-state index contributed by atoms with van der Waals surface area (Å²) in [4.78, 5) is 28.6. The summed E-state index contributed by atoms with van der Waals surface area (Å²) in [5, 5.41) is 11.2. The maximum atomic E-state index is 13.6. The molecular formula is C25H27N5O3. The normalized spacial score (nSPS) is 11.9. The molecule has 0 aliphatic heterocycles. The topological polar surface area (TPSA) is 93.3 Å². The number of hydrogen-bond acceptors (Lipinski definition) is 5. The van der Waals surface area contributed by atoms with Crippen molar-refractivity contribution < 1.29 is 14.0 Å². The highest BCUT2D eigenvalue weighted by atomic mass is 16.3. The molecule has 0 saturated carbocycles. The Kier molecular flexibility index (Phi) is 7.14. The second kappa shape index (κ2) is 10.6. The van der Waals surface area contributed by atoms with Gasteiger partial charge in [0.15, 0.2) is 0 Å². The van der Waals surface area contributed by atoms with Crippen molar-refractivity contribution in [2.45, 2.75) is 38.9 Å². The van der Waals surface area contributed by atoms with Crippen LogP contribution in [0.25, 0.3) is 11.0 Å². The van der Waals surface area contributed by atoms with Crippen LogP contribution in [-0.2, 0) is 22.7 Å². The lowest BCUT2D eigenvalue weighted by Crippen LogP contribution is -2.45. The van der Waals surface area contributed by atoms with E-state index in [9.17, 15) is 9.59 Å². The van der Waals surface area contributed by atoms with Gasteiger partial charge in [0.1, 0.15) is 23.9 Å². The molecule has 4 aromatic rings. The number of hydrogen-bond donors (Lipinski definition) is 1. The van der Waals surface area contributed by atoms with E-state index in [1.54, 1.807) is 28.0 Å². The van der Waals surface area contributed by atoms with Gasteiger partial charge < -0.3 is 14.6 Å². The van der Waals surface area contributed by atoms with Crippen molar-refractivity contribution >= 4 is 22.8 Å². The van der Waals surface area contributed by atoms with Gasteiger partial charge in [-0.15, -0.1) is 5.10 Å². The van der Waals surface area contributed by atoms with E-state index in [4.69, 9.17) is 4.42 Å². The number of rotatable bonds is 10. The third-order valence-electron chi connectivity index (χ3n) is 5.47. The van der Waals surface area contributed by atoms with Crippen LogP contribution in [0.2, 0.25) is 0 Å². The van der Waals surface area contributed by atoms with Crippen LogP contribution in [0.1, 0.15) is 37.1 Å². The molecule has 0 aliphatic rings. The van der Waals surface area contributed by atoms with Crippen molar-refractivity contribution in [3.8, 4) is 0 Å². The van der Waals surface area contributed by atoms with Crippen LogP contribution in [-0.4, -0.2) is 38.3 Å². The van der Waals surface area contributed by atoms with Gasteiger partial charge in [0.2, 0.25) is 11.8 Å². The first kappa shape index (κ1) is 22.3. The van der Waals surface area contributed by atoms with Gasteiger partial charge in [-0.1, -0.05) is 61.0 Å². The van der Waals surface area contributed by atoms with E-state index in [0.717, 1.165) is 29.4 Å². The molecule has 8 heteroatoms. The number of aromatic nitrogens is 3. The Morgan fingerprint density at radius 3 is 2.61 bits per heavy atom. The zero-order valence-electron chi connectivity index (χ0n) is 18.6. The largest absolute Gasteiger partial charge is 0.467 e. The van der Waals surface area contributed by atoms with Crippen molar-refractivity contribution in [3.05, 3.63) is 84.3 Å². The van der Waals surface area contributed by atoms with Crippen LogP contribution in [0.5, 0.6) is 0 Å². The standard InChI is InChI=1S/C25H27N5O3/c1-2-3-15-29(23(31)18-30-22-14-8-7-13-21(22)27-28-30)24(19-10-5-4-6-11-19)25(32)26-17-20-12-9-16-33-20/h4-14,16,24H,2-3,15,17-18H2,1H3,(H,26,32). The highest BCUT2D eigenvalue weighted by molar-refractivity contribution is 5.89. The fourth-order valence-corrected chi connectivity index (χ4v) is 3.77. The van der Waals surface area contributed by atoms with E-state index in [1.165, 1.54) is 0 Å². The SMILES string of the molecule is CCCCN(C(=O)Cn1nnc2ccccc21)C(C(=O)NCc1ccco1)c1ccccc1. The van der Waals surface area contributed by atoms with Gasteiger partial charge in [0.05, 0.1) is 18.3 Å². The summed E-state index contributed by atoms with van der Waals surface area (Å²) in [6.45, 7) is 2.76. The maximum Gasteiger partial charge on any atom is 0.247 e. The molecule has 2 amide bonds. The molecule has 2 heterocycles. The molecule has 2 aromatic carbocycles. The molecule has 1 N–H and O–H groups in total. The maximum absolute atomic E-state index is 13.6. The molecule has 8 nitrogen and oxygen atoms in total. The Bertz CT molecular complexity index is 1190. The molecule has 0 radical (unpaired) electrons. The zero-order valence-corrected chi connectivity index (χ0v) is 18.6. The molecule has 0 saturated heterocycles. The molecule has 2 aromatic heterocycles. The first-order valence-corrected chi connectivity index (χ1v) is 11.1. The van der Waals surface area contributed by atoms with Crippen LogP contribution >= 0.6 is 0 Å². The van der Waals surface area contributed by atoms with Crippen molar-refractivity contribution in [2.24, 2.45) is 0 Å². The Labute approximate surface area is 192 Å². The summed E-state index contributed by atoms with van der Waals surface area (Å²) >= 11 is 0. The van der Waals surface area contributed by atoms with Gasteiger partial charge in [-0.3, -0.25) is 9.59 Å². The molecular weight excluding hydrogens is 418 g/mol. The number of para-hydroxylation sites is 1. The number of fused-ring (bicyclic) bond motifs is 1. The fraction of sp³-hybridized carbons (Fsp3) is 0.280. The van der Waals surface area contributed by atoms with Gasteiger partial charge in [-0.25, -0.2) is 4.68 Å². The summed E-state index contributed by atoms with van der Waals surface area (Å²) in [7, 11) is 0. The highest BCUT2D eigenvalue weighted by Gasteiger charge is 2.31. The zero-order chi connectivity index (χ0) is 23.0. The minimum absolute atomic E-state index is 0.000967. The summed E-state index contributed by atoms with van der Waals surface area (Å²) in [5.41, 5.74) is 2.25. The third-order valence-corrected chi connectivity index (χ3v) is 5.47. The number of amides is 2. The smallest absolute Gasteiger partial charge is 0.247 e. The lowest BCUT2D eigenvalue weighted by Gasteiger charge is -2.31. The molecule has 1 atom stereocenters. The second-order valence-corrected chi connectivity index (χ2v) is 7.79. The minimum Gasteiger partial charge on any atom is -0.467 e. The Morgan fingerprint density at radius 1 is 1.06 bits per heavy atom. The van der Waals surface area contributed by atoms with Gasteiger partial charge >= 0.3 is 0 Å². The fourth-order valence-electron chi connectivity index (χ4n) is 3.77. The number of unbranched alkanes of at least 4 members (excludes halogenated alkanes) is 1. The Hall–Kier alpha value is -3.94. The average Bonchev–Trinajstić information content (AvgIpc) is 3.51. The number of nitrogens with zero attached hydrogens (tertiary/aromatic N) is 4. The van der Waals surface area contributed by atoms with Crippen LogP contribution < -0.4 is 5.32 Å². The summed E-state index contributed by atoms with van der Waals surface area (Å²) in [6, 6.07) is 19.7. The molecule has 0 fully saturated rings. The predicted molar refractivity (Wildman–Crippen MR) is 124 cm³/mol.